The molecule has 0 aromatic rings. The largest absolute Gasteiger partial charge is 0.479 e. The molecule has 1 saturated heterocycles. The van der Waals surface area contributed by atoms with E-state index in [0.717, 1.165) is 0 Å². The van der Waals surface area contributed by atoms with Gasteiger partial charge in [-0.2, -0.15) is 0 Å². The van der Waals surface area contributed by atoms with Crippen LogP contribution in [0.4, 0.5) is 4.79 Å². The Morgan fingerprint density at radius 1 is 1.85 bits per heavy atom. The zero-order chi connectivity index (χ0) is 9.68. The predicted molar refractivity (Wildman–Crippen MR) is 54.7 cm³/mol. The number of rotatable bonds is 3. The summed E-state index contributed by atoms with van der Waals surface area (Å²) in [6.07, 6.45) is -0.271. The van der Waals surface area contributed by atoms with Gasteiger partial charge >= 0.3 is 6.09 Å². The highest BCUT2D eigenvalue weighted by Gasteiger charge is 2.21. The van der Waals surface area contributed by atoms with E-state index in [1.165, 1.54) is 11.8 Å². The van der Waals surface area contributed by atoms with E-state index in [0.29, 0.717) is 30.0 Å². The first-order chi connectivity index (χ1) is 6.24. The van der Waals surface area contributed by atoms with Gasteiger partial charge in [0.1, 0.15) is 6.61 Å². The zero-order valence-corrected chi connectivity index (χ0v) is 8.95. The number of hydrogen-bond acceptors (Lipinski definition) is 5. The molecule has 0 aromatic carbocycles. The Kier molecular flexibility index (Phi) is 4.31. The van der Waals surface area contributed by atoms with E-state index in [9.17, 15) is 4.79 Å². The maximum atomic E-state index is 11.0. The monoisotopic (exact) mass is 221 g/mol. The summed E-state index contributed by atoms with van der Waals surface area (Å²) in [7, 11) is 0. The molecule has 74 valence electrons. The van der Waals surface area contributed by atoms with Gasteiger partial charge in [0.15, 0.2) is 0 Å². The Balaban J connectivity index is 2.18. The van der Waals surface area contributed by atoms with Gasteiger partial charge < -0.3 is 9.47 Å². The number of amides is 1. The fourth-order valence-corrected chi connectivity index (χ4v) is 1.81. The van der Waals surface area contributed by atoms with Crippen molar-refractivity contribution < 1.29 is 14.3 Å². The summed E-state index contributed by atoms with van der Waals surface area (Å²) in [5.74, 6) is 0.512. The van der Waals surface area contributed by atoms with Gasteiger partial charge in [-0.05, 0) is 19.1 Å². The molecule has 1 amide bonds. The maximum absolute atomic E-state index is 11.0. The van der Waals surface area contributed by atoms with Gasteiger partial charge in [-0.25, -0.2) is 4.79 Å². The van der Waals surface area contributed by atoms with Gasteiger partial charge in [0.25, 0.3) is 0 Å². The number of thioether (sulfide) groups is 1. The first-order valence-electron chi connectivity index (χ1n) is 3.95. The second kappa shape index (κ2) is 5.29. The molecule has 1 aliphatic heterocycles. The van der Waals surface area contributed by atoms with E-state index in [4.69, 9.17) is 21.7 Å². The Hall–Kier alpha value is -0.490. The van der Waals surface area contributed by atoms with E-state index >= 15 is 0 Å². The molecular formula is C7H11NO3S2. The van der Waals surface area contributed by atoms with Gasteiger partial charge in [-0.15, -0.1) is 0 Å². The summed E-state index contributed by atoms with van der Waals surface area (Å²) < 4.78 is 10.3. The lowest BCUT2D eigenvalue weighted by atomic mass is 10.7. The van der Waals surface area contributed by atoms with Crippen LogP contribution in [0.1, 0.15) is 6.92 Å². The molecule has 6 heteroatoms. The fourth-order valence-electron chi connectivity index (χ4n) is 0.833. The van der Waals surface area contributed by atoms with Gasteiger partial charge in [-0.3, -0.25) is 4.90 Å². The highest BCUT2D eigenvalue weighted by atomic mass is 32.2. The molecule has 0 saturated carbocycles. The molecule has 0 atom stereocenters. The lowest BCUT2D eigenvalue weighted by molar-refractivity contribution is 0.162. The lowest BCUT2D eigenvalue weighted by Crippen LogP contribution is -2.24. The molecule has 13 heavy (non-hydrogen) atoms. The molecule has 1 heterocycles. The van der Waals surface area contributed by atoms with Crippen molar-refractivity contribution in [3.8, 4) is 0 Å². The van der Waals surface area contributed by atoms with Gasteiger partial charge in [0.05, 0.1) is 19.0 Å². The molecule has 1 aliphatic rings. The third-order valence-electron chi connectivity index (χ3n) is 1.45. The third-order valence-corrected chi connectivity index (χ3v) is 2.71. The molecule has 0 unspecified atom stereocenters. The van der Waals surface area contributed by atoms with Crippen LogP contribution in [0.15, 0.2) is 0 Å². The number of thiocarbonyl (C=S) groups is 1. The summed E-state index contributed by atoms with van der Waals surface area (Å²) in [5.41, 5.74) is 0. The Labute approximate surface area is 86.6 Å². The predicted octanol–water partition coefficient (Wildman–Crippen LogP) is 1.45. The van der Waals surface area contributed by atoms with Crippen LogP contribution in [-0.2, 0) is 9.47 Å². The summed E-state index contributed by atoms with van der Waals surface area (Å²) >= 11 is 6.22. The van der Waals surface area contributed by atoms with Crippen LogP contribution in [0.3, 0.4) is 0 Å². The van der Waals surface area contributed by atoms with Crippen LogP contribution < -0.4 is 0 Å². The number of carbonyl (C=O) groups is 1. The van der Waals surface area contributed by atoms with Gasteiger partial charge in [0, 0.05) is 0 Å². The summed E-state index contributed by atoms with van der Waals surface area (Å²) in [4.78, 5) is 12.5. The summed E-state index contributed by atoms with van der Waals surface area (Å²) in [6.45, 7) is 3.55. The number of cyclic esters (lactones) is 1. The third kappa shape index (κ3) is 3.40. The normalized spacial score (nSPS) is 15.8. The van der Waals surface area contributed by atoms with E-state index in [1.807, 2.05) is 6.92 Å². The quantitative estimate of drug-likeness (QED) is 0.674. The van der Waals surface area contributed by atoms with Crippen molar-refractivity contribution in [1.29, 1.82) is 0 Å². The molecule has 1 rings (SSSR count). The number of carbonyl (C=O) groups excluding carboxylic acids is 1. The van der Waals surface area contributed by atoms with E-state index < -0.39 is 0 Å². The molecule has 0 radical (unpaired) electrons. The van der Waals surface area contributed by atoms with Crippen LogP contribution in [0, 0.1) is 0 Å². The second-order valence-corrected chi connectivity index (χ2v) is 3.88. The molecule has 0 bridgehead atoms. The van der Waals surface area contributed by atoms with Crippen LogP contribution in [0.2, 0.25) is 0 Å². The van der Waals surface area contributed by atoms with E-state index in [1.54, 1.807) is 4.90 Å². The SMILES string of the molecule is CCOC(=S)SCN1CCOC1=O. The van der Waals surface area contributed by atoms with Crippen LogP contribution in [0.5, 0.6) is 0 Å². The van der Waals surface area contributed by atoms with Crippen molar-refractivity contribution in [2.24, 2.45) is 0 Å². The standard InChI is InChI=1S/C7H11NO3S2/c1-2-10-7(12)13-5-8-3-4-11-6(8)9/h2-5H2,1H3. The van der Waals surface area contributed by atoms with Crippen LogP contribution in [-0.4, -0.2) is 41.0 Å². The fraction of sp³-hybridized carbons (Fsp3) is 0.714. The van der Waals surface area contributed by atoms with Gasteiger partial charge in [0.2, 0.25) is 4.38 Å². The Morgan fingerprint density at radius 3 is 3.15 bits per heavy atom. The Morgan fingerprint density at radius 2 is 2.62 bits per heavy atom. The molecule has 4 nitrogen and oxygen atoms in total. The zero-order valence-electron chi connectivity index (χ0n) is 7.32. The summed E-state index contributed by atoms with van der Waals surface area (Å²) in [5, 5.41) is 0. The topological polar surface area (TPSA) is 38.8 Å². The van der Waals surface area contributed by atoms with Crippen molar-refractivity contribution >= 4 is 34.5 Å². The smallest absolute Gasteiger partial charge is 0.410 e. The summed E-state index contributed by atoms with van der Waals surface area (Å²) in [6, 6.07) is 0. The minimum atomic E-state index is -0.271. The average molecular weight is 221 g/mol. The molecule has 0 aliphatic carbocycles. The number of hydrogen-bond donors (Lipinski definition) is 0. The second-order valence-electron chi connectivity index (χ2n) is 2.33. The Bertz CT molecular complexity index is 210. The van der Waals surface area contributed by atoms with E-state index in [-0.39, 0.29) is 6.09 Å². The van der Waals surface area contributed by atoms with Gasteiger partial charge in [-0.1, -0.05) is 11.8 Å². The van der Waals surface area contributed by atoms with Crippen molar-refractivity contribution in [1.82, 2.24) is 4.90 Å². The molecule has 0 spiro atoms. The highest BCUT2D eigenvalue weighted by Crippen LogP contribution is 2.12. The van der Waals surface area contributed by atoms with Crippen molar-refractivity contribution in [2.45, 2.75) is 6.92 Å². The number of ether oxygens (including phenoxy) is 2. The molecule has 0 N–H and O–H groups in total. The minimum Gasteiger partial charge on any atom is -0.479 e. The van der Waals surface area contributed by atoms with E-state index in [2.05, 4.69) is 0 Å². The maximum Gasteiger partial charge on any atom is 0.410 e. The van der Waals surface area contributed by atoms with Crippen LogP contribution >= 0.6 is 24.0 Å². The first-order valence-corrected chi connectivity index (χ1v) is 5.34. The average Bonchev–Trinajstić information content (AvgIpc) is 2.48. The minimum absolute atomic E-state index is 0.271. The van der Waals surface area contributed by atoms with Crippen LogP contribution in [0.25, 0.3) is 0 Å². The van der Waals surface area contributed by atoms with Crippen molar-refractivity contribution in [3.63, 3.8) is 0 Å². The molecule has 0 aromatic heterocycles. The number of nitrogens with zero attached hydrogens (tertiary/aromatic N) is 1. The van der Waals surface area contributed by atoms with Crippen molar-refractivity contribution in [3.05, 3.63) is 0 Å². The van der Waals surface area contributed by atoms with Crippen molar-refractivity contribution in [2.75, 3.05) is 25.6 Å². The highest BCUT2D eigenvalue weighted by molar-refractivity contribution is 8.22. The lowest BCUT2D eigenvalue weighted by Gasteiger charge is -2.11. The molecule has 1 fully saturated rings. The molecular weight excluding hydrogens is 210 g/mol. The first kappa shape index (κ1) is 10.6.